The van der Waals surface area contributed by atoms with E-state index in [0.717, 1.165) is 28.8 Å². The molecule has 0 aromatic heterocycles. The Hall–Kier alpha value is -1.40. The summed E-state index contributed by atoms with van der Waals surface area (Å²) in [5.41, 5.74) is 1.74. The first-order valence-electron chi connectivity index (χ1n) is 8.10. The summed E-state index contributed by atoms with van der Waals surface area (Å²) < 4.78 is 0.972. The van der Waals surface area contributed by atoms with Crippen LogP contribution in [0.2, 0.25) is 0 Å². The highest BCUT2D eigenvalue weighted by Gasteiger charge is 2.22. The van der Waals surface area contributed by atoms with Gasteiger partial charge in [0.1, 0.15) is 0 Å². The number of carbonyl (C=O) groups is 2. The van der Waals surface area contributed by atoms with E-state index in [-0.39, 0.29) is 18.4 Å². The van der Waals surface area contributed by atoms with E-state index in [1.807, 2.05) is 25.1 Å². The van der Waals surface area contributed by atoms with Crippen LogP contribution < -0.4 is 15.5 Å². The number of benzene rings is 1. The molecule has 0 saturated carbocycles. The molecule has 2 amide bonds. The van der Waals surface area contributed by atoms with Crippen LogP contribution in [0.1, 0.15) is 25.3 Å². The van der Waals surface area contributed by atoms with Crippen molar-refractivity contribution in [3.8, 4) is 0 Å². The maximum absolute atomic E-state index is 12.0. The molecule has 1 heterocycles. The maximum Gasteiger partial charge on any atom is 0.275 e. The highest BCUT2D eigenvalue weighted by Crippen LogP contribution is 2.19. The highest BCUT2D eigenvalue weighted by molar-refractivity contribution is 9.10. The molecule has 0 bridgehead atoms. The Morgan fingerprint density at radius 3 is 2.83 bits per heavy atom. The predicted octanol–water partition coefficient (Wildman–Crippen LogP) is 1.13. The molecule has 1 fully saturated rings. The van der Waals surface area contributed by atoms with Gasteiger partial charge in [-0.05, 0) is 43.5 Å². The Labute approximate surface area is 145 Å². The van der Waals surface area contributed by atoms with E-state index in [2.05, 4.69) is 33.5 Å². The molecule has 126 valence electrons. The number of amides is 2. The SMILES string of the molecule is Cc1cc(Br)ccc1NC(=O)CNC(=O)C[NH+]1CCC[C@@H](C)C1. The van der Waals surface area contributed by atoms with Gasteiger partial charge in [-0.15, -0.1) is 0 Å². The van der Waals surface area contributed by atoms with Crippen LogP contribution in [-0.4, -0.2) is 38.0 Å². The number of carbonyl (C=O) groups excluding carboxylic acids is 2. The second-order valence-electron chi connectivity index (χ2n) is 6.41. The van der Waals surface area contributed by atoms with Gasteiger partial charge in [0, 0.05) is 16.1 Å². The summed E-state index contributed by atoms with van der Waals surface area (Å²) in [7, 11) is 0. The second-order valence-corrected chi connectivity index (χ2v) is 7.33. The van der Waals surface area contributed by atoms with Gasteiger partial charge >= 0.3 is 0 Å². The lowest BCUT2D eigenvalue weighted by Gasteiger charge is -2.27. The lowest BCUT2D eigenvalue weighted by Crippen LogP contribution is -3.14. The minimum absolute atomic E-state index is 0.0111. The van der Waals surface area contributed by atoms with Crippen LogP contribution in [0.15, 0.2) is 22.7 Å². The molecule has 23 heavy (non-hydrogen) atoms. The zero-order chi connectivity index (χ0) is 16.8. The number of anilines is 1. The first-order chi connectivity index (χ1) is 10.9. The normalized spacial score (nSPS) is 20.8. The number of nitrogens with one attached hydrogen (secondary N) is 3. The molecule has 1 saturated heterocycles. The van der Waals surface area contributed by atoms with E-state index in [1.54, 1.807) is 0 Å². The van der Waals surface area contributed by atoms with Crippen molar-refractivity contribution in [2.24, 2.45) is 5.92 Å². The molecular formula is C17H25BrN3O2+. The van der Waals surface area contributed by atoms with Gasteiger partial charge < -0.3 is 15.5 Å². The number of piperidine rings is 1. The van der Waals surface area contributed by atoms with E-state index in [1.165, 1.54) is 17.7 Å². The van der Waals surface area contributed by atoms with Crippen molar-refractivity contribution in [2.45, 2.75) is 26.7 Å². The van der Waals surface area contributed by atoms with Gasteiger partial charge in [-0.1, -0.05) is 22.9 Å². The largest absolute Gasteiger partial charge is 0.342 e. The van der Waals surface area contributed by atoms with E-state index >= 15 is 0 Å². The third kappa shape index (κ3) is 5.95. The molecule has 1 unspecified atom stereocenters. The van der Waals surface area contributed by atoms with E-state index in [4.69, 9.17) is 0 Å². The number of quaternary nitrogens is 1. The fourth-order valence-corrected chi connectivity index (χ4v) is 3.46. The molecule has 1 aromatic carbocycles. The molecule has 1 aromatic rings. The highest BCUT2D eigenvalue weighted by atomic mass is 79.9. The Morgan fingerprint density at radius 2 is 2.13 bits per heavy atom. The Bertz CT molecular complexity index is 577. The molecular weight excluding hydrogens is 358 g/mol. The maximum atomic E-state index is 12.0. The number of hydrogen-bond donors (Lipinski definition) is 3. The Balaban J connectivity index is 1.74. The molecule has 2 rings (SSSR count). The van der Waals surface area contributed by atoms with Crippen LogP contribution in [-0.2, 0) is 9.59 Å². The molecule has 1 aliphatic rings. The van der Waals surface area contributed by atoms with Gasteiger partial charge in [0.05, 0.1) is 19.6 Å². The summed E-state index contributed by atoms with van der Waals surface area (Å²) >= 11 is 3.39. The quantitative estimate of drug-likeness (QED) is 0.714. The van der Waals surface area contributed by atoms with Crippen molar-refractivity contribution in [3.63, 3.8) is 0 Å². The van der Waals surface area contributed by atoms with Crippen molar-refractivity contribution in [1.29, 1.82) is 0 Å². The third-order valence-corrected chi connectivity index (χ3v) is 4.68. The summed E-state index contributed by atoms with van der Waals surface area (Å²) in [6, 6.07) is 5.66. The monoisotopic (exact) mass is 382 g/mol. The minimum atomic E-state index is -0.203. The first-order valence-corrected chi connectivity index (χ1v) is 8.89. The number of halogens is 1. The standard InChI is InChI=1S/C17H24BrN3O2/c1-12-4-3-7-21(10-12)11-17(23)19-9-16(22)20-15-6-5-14(18)8-13(15)2/h5-6,8,12H,3-4,7,9-11H2,1-2H3,(H,19,23)(H,20,22)/p+1/t12-/m1/s1. The van der Waals surface area contributed by atoms with Gasteiger partial charge in [0.15, 0.2) is 6.54 Å². The summed E-state index contributed by atoms with van der Waals surface area (Å²) in [6.45, 7) is 6.71. The number of aryl methyl sites for hydroxylation is 1. The summed E-state index contributed by atoms with van der Waals surface area (Å²) in [6.07, 6.45) is 2.42. The third-order valence-electron chi connectivity index (χ3n) is 4.18. The van der Waals surface area contributed by atoms with Gasteiger partial charge in [0.2, 0.25) is 5.91 Å². The lowest BCUT2D eigenvalue weighted by molar-refractivity contribution is -0.900. The molecule has 6 heteroatoms. The average molecular weight is 383 g/mol. The fourth-order valence-electron chi connectivity index (χ4n) is 2.99. The van der Waals surface area contributed by atoms with Crippen LogP contribution in [0.5, 0.6) is 0 Å². The zero-order valence-electron chi connectivity index (χ0n) is 13.7. The van der Waals surface area contributed by atoms with Crippen LogP contribution in [0, 0.1) is 12.8 Å². The number of hydrogen-bond acceptors (Lipinski definition) is 2. The molecule has 0 spiro atoms. The molecule has 0 aliphatic carbocycles. The number of rotatable bonds is 5. The van der Waals surface area contributed by atoms with Crippen LogP contribution >= 0.6 is 15.9 Å². The van der Waals surface area contributed by atoms with Gasteiger partial charge in [0.25, 0.3) is 5.91 Å². The average Bonchev–Trinajstić information content (AvgIpc) is 2.48. The molecule has 0 radical (unpaired) electrons. The summed E-state index contributed by atoms with van der Waals surface area (Å²) in [5, 5.41) is 5.54. The van der Waals surface area contributed by atoms with Gasteiger partial charge in [-0.25, -0.2) is 0 Å². The lowest BCUT2D eigenvalue weighted by atomic mass is 10.0. The first kappa shape index (κ1) is 17.9. The number of likely N-dealkylation sites (tertiary alicyclic amines) is 1. The van der Waals surface area contributed by atoms with Crippen molar-refractivity contribution in [3.05, 3.63) is 28.2 Å². The fraction of sp³-hybridized carbons (Fsp3) is 0.529. The van der Waals surface area contributed by atoms with Crippen LogP contribution in [0.4, 0.5) is 5.69 Å². The van der Waals surface area contributed by atoms with Gasteiger partial charge in [-0.2, -0.15) is 0 Å². The van der Waals surface area contributed by atoms with Gasteiger partial charge in [-0.3, -0.25) is 9.59 Å². The van der Waals surface area contributed by atoms with Crippen LogP contribution in [0.3, 0.4) is 0 Å². The smallest absolute Gasteiger partial charge is 0.275 e. The van der Waals surface area contributed by atoms with Crippen molar-refractivity contribution in [1.82, 2.24) is 5.32 Å². The minimum Gasteiger partial charge on any atom is -0.342 e. The zero-order valence-corrected chi connectivity index (χ0v) is 15.3. The molecule has 5 nitrogen and oxygen atoms in total. The topological polar surface area (TPSA) is 62.6 Å². The Morgan fingerprint density at radius 1 is 1.35 bits per heavy atom. The van der Waals surface area contributed by atoms with Crippen LogP contribution in [0.25, 0.3) is 0 Å². The summed E-state index contributed by atoms with van der Waals surface area (Å²) in [4.78, 5) is 25.2. The molecule has 2 atom stereocenters. The van der Waals surface area contributed by atoms with E-state index in [9.17, 15) is 9.59 Å². The molecule has 3 N–H and O–H groups in total. The van der Waals surface area contributed by atoms with Crippen molar-refractivity contribution >= 4 is 33.4 Å². The van der Waals surface area contributed by atoms with E-state index < -0.39 is 0 Å². The Kier molecular flexibility index (Phi) is 6.59. The van der Waals surface area contributed by atoms with Crippen molar-refractivity contribution in [2.75, 3.05) is 31.5 Å². The predicted molar refractivity (Wildman–Crippen MR) is 94.5 cm³/mol. The molecule has 1 aliphatic heterocycles. The van der Waals surface area contributed by atoms with Crippen molar-refractivity contribution < 1.29 is 14.5 Å². The summed E-state index contributed by atoms with van der Waals surface area (Å²) in [5.74, 6) is 0.415. The second kappa shape index (κ2) is 8.45. The van der Waals surface area contributed by atoms with E-state index in [0.29, 0.717) is 12.5 Å².